The van der Waals surface area contributed by atoms with Crippen LogP contribution in [-0.4, -0.2) is 33.2 Å². The van der Waals surface area contributed by atoms with Gasteiger partial charge in [0.2, 0.25) is 0 Å². The number of ether oxygens (including phenoxy) is 1. The minimum absolute atomic E-state index is 0.0225. The average molecular weight is 370 g/mol. The second-order valence-corrected chi connectivity index (χ2v) is 5.69. The van der Waals surface area contributed by atoms with Crippen molar-refractivity contribution < 1.29 is 27.1 Å². The van der Waals surface area contributed by atoms with Gasteiger partial charge in [0.1, 0.15) is 18.2 Å². The Balaban J connectivity index is 1.87. The van der Waals surface area contributed by atoms with Gasteiger partial charge in [-0.15, -0.1) is 0 Å². The molecule has 0 saturated carbocycles. The second kappa shape index (κ2) is 8.07. The Labute approximate surface area is 148 Å². The molecule has 8 heteroatoms. The summed E-state index contributed by atoms with van der Waals surface area (Å²) in [6.45, 7) is 0.0391. The fourth-order valence-electron chi connectivity index (χ4n) is 2.21. The summed E-state index contributed by atoms with van der Waals surface area (Å²) in [4.78, 5) is 13.6. The molecule has 2 aromatic carbocycles. The van der Waals surface area contributed by atoms with E-state index in [9.17, 15) is 22.4 Å². The van der Waals surface area contributed by atoms with Crippen LogP contribution in [0.1, 0.15) is 15.9 Å². The normalized spacial score (nSPS) is 11.2. The van der Waals surface area contributed by atoms with E-state index < -0.39 is 23.5 Å². The first-order chi connectivity index (χ1) is 12.2. The molecule has 0 aromatic heterocycles. The van der Waals surface area contributed by atoms with Crippen molar-refractivity contribution in [2.75, 3.05) is 32.1 Å². The molecule has 0 saturated heterocycles. The number of nitrogens with zero attached hydrogens (tertiary/aromatic N) is 1. The van der Waals surface area contributed by atoms with Crippen LogP contribution in [0.3, 0.4) is 0 Å². The van der Waals surface area contributed by atoms with Crippen molar-refractivity contribution in [1.82, 2.24) is 5.32 Å². The predicted octanol–water partition coefficient (Wildman–Crippen LogP) is 3.72. The molecule has 1 amide bonds. The maximum Gasteiger partial charge on any atom is 0.416 e. The van der Waals surface area contributed by atoms with E-state index in [1.807, 2.05) is 0 Å². The minimum atomic E-state index is -4.45. The van der Waals surface area contributed by atoms with Crippen LogP contribution in [0.25, 0.3) is 0 Å². The molecule has 0 aliphatic carbocycles. The van der Waals surface area contributed by atoms with Gasteiger partial charge in [-0.05, 0) is 36.4 Å². The summed E-state index contributed by atoms with van der Waals surface area (Å²) in [7, 11) is 3.37. The Morgan fingerprint density at radius 2 is 1.88 bits per heavy atom. The van der Waals surface area contributed by atoms with Gasteiger partial charge in [-0.1, -0.05) is 6.07 Å². The van der Waals surface area contributed by atoms with Gasteiger partial charge in [0.15, 0.2) is 0 Å². The lowest BCUT2D eigenvalue weighted by molar-refractivity contribution is -0.137. The highest BCUT2D eigenvalue weighted by molar-refractivity contribution is 5.94. The smallest absolute Gasteiger partial charge is 0.416 e. The number of benzene rings is 2. The number of anilines is 1. The molecule has 0 heterocycles. The van der Waals surface area contributed by atoms with Crippen LogP contribution in [0.15, 0.2) is 42.5 Å². The Kier molecular flexibility index (Phi) is 6.07. The third-order valence-electron chi connectivity index (χ3n) is 3.51. The summed E-state index contributed by atoms with van der Waals surface area (Å²) in [5, 5.41) is 2.52. The first-order valence-electron chi connectivity index (χ1n) is 7.73. The van der Waals surface area contributed by atoms with Crippen molar-refractivity contribution in [2.24, 2.45) is 0 Å². The summed E-state index contributed by atoms with van der Waals surface area (Å²) in [5.41, 5.74) is -0.308. The largest absolute Gasteiger partial charge is 0.492 e. The van der Waals surface area contributed by atoms with Gasteiger partial charge in [0.05, 0.1) is 17.8 Å². The van der Waals surface area contributed by atoms with E-state index in [0.717, 1.165) is 18.2 Å². The lowest BCUT2D eigenvalue weighted by Crippen LogP contribution is -2.28. The number of nitrogens with one attached hydrogen (secondary N) is 1. The maximum absolute atomic E-state index is 13.9. The van der Waals surface area contributed by atoms with Gasteiger partial charge < -0.3 is 15.0 Å². The molecule has 0 aliphatic rings. The van der Waals surface area contributed by atoms with Crippen molar-refractivity contribution in [2.45, 2.75) is 6.18 Å². The van der Waals surface area contributed by atoms with E-state index in [0.29, 0.717) is 5.69 Å². The first-order valence-corrected chi connectivity index (χ1v) is 7.73. The molecule has 0 aliphatic heterocycles. The van der Waals surface area contributed by atoms with Crippen LogP contribution < -0.4 is 15.0 Å². The highest BCUT2D eigenvalue weighted by atomic mass is 19.4. The Morgan fingerprint density at radius 1 is 1.15 bits per heavy atom. The van der Waals surface area contributed by atoms with E-state index in [1.54, 1.807) is 19.0 Å². The molecule has 4 nitrogen and oxygen atoms in total. The quantitative estimate of drug-likeness (QED) is 0.623. The van der Waals surface area contributed by atoms with E-state index >= 15 is 0 Å². The number of halogens is 4. The molecular formula is C18H18F4N2O2. The highest BCUT2D eigenvalue weighted by Gasteiger charge is 2.30. The Bertz CT molecular complexity index is 776. The minimum Gasteiger partial charge on any atom is -0.492 e. The fraction of sp³-hybridized carbons (Fsp3) is 0.278. The number of hydrogen-bond donors (Lipinski definition) is 1. The van der Waals surface area contributed by atoms with Crippen molar-refractivity contribution in [1.29, 1.82) is 0 Å². The van der Waals surface area contributed by atoms with Gasteiger partial charge in [-0.3, -0.25) is 4.79 Å². The second-order valence-electron chi connectivity index (χ2n) is 5.69. The molecule has 26 heavy (non-hydrogen) atoms. The summed E-state index contributed by atoms with van der Waals surface area (Å²) >= 11 is 0. The zero-order chi connectivity index (χ0) is 19.3. The molecule has 2 rings (SSSR count). The molecule has 0 bridgehead atoms. The van der Waals surface area contributed by atoms with Crippen LogP contribution in [0.4, 0.5) is 23.2 Å². The average Bonchev–Trinajstić information content (AvgIpc) is 2.57. The third kappa shape index (κ3) is 5.11. The van der Waals surface area contributed by atoms with Crippen LogP contribution >= 0.6 is 0 Å². The molecule has 0 radical (unpaired) electrons. The van der Waals surface area contributed by atoms with Gasteiger partial charge in [0, 0.05) is 19.7 Å². The van der Waals surface area contributed by atoms with Crippen molar-refractivity contribution in [3.05, 3.63) is 59.4 Å². The zero-order valence-corrected chi connectivity index (χ0v) is 14.2. The Morgan fingerprint density at radius 3 is 2.50 bits per heavy atom. The number of amides is 1. The third-order valence-corrected chi connectivity index (χ3v) is 3.51. The lowest BCUT2D eigenvalue weighted by atomic mass is 10.1. The highest BCUT2D eigenvalue weighted by Crippen LogP contribution is 2.31. The summed E-state index contributed by atoms with van der Waals surface area (Å²) in [6.07, 6.45) is -4.45. The monoisotopic (exact) mass is 370 g/mol. The van der Waals surface area contributed by atoms with Crippen LogP contribution in [-0.2, 0) is 6.18 Å². The number of carbonyl (C=O) groups excluding carboxylic acids is 1. The molecule has 140 valence electrons. The topological polar surface area (TPSA) is 41.6 Å². The molecular weight excluding hydrogens is 352 g/mol. The number of carbonyl (C=O) groups is 1. The molecule has 0 spiro atoms. The fourth-order valence-corrected chi connectivity index (χ4v) is 2.21. The number of alkyl halides is 3. The summed E-state index contributed by atoms with van der Waals surface area (Å²) < 4.78 is 56.9. The van der Waals surface area contributed by atoms with Crippen LogP contribution in [0, 0.1) is 5.82 Å². The van der Waals surface area contributed by atoms with Crippen molar-refractivity contribution in [3.63, 3.8) is 0 Å². The molecule has 0 unspecified atom stereocenters. The first kappa shape index (κ1) is 19.6. The number of hydrogen-bond acceptors (Lipinski definition) is 3. The van der Waals surface area contributed by atoms with Crippen LogP contribution in [0.5, 0.6) is 5.75 Å². The summed E-state index contributed by atoms with van der Waals surface area (Å²) in [5.74, 6) is -0.972. The van der Waals surface area contributed by atoms with Gasteiger partial charge >= 0.3 is 6.18 Å². The van der Waals surface area contributed by atoms with E-state index in [-0.39, 0.29) is 24.5 Å². The molecule has 1 N–H and O–H groups in total. The predicted molar refractivity (Wildman–Crippen MR) is 90.0 cm³/mol. The van der Waals surface area contributed by atoms with Crippen LogP contribution in [0.2, 0.25) is 0 Å². The van der Waals surface area contributed by atoms with Gasteiger partial charge in [-0.2, -0.15) is 13.2 Å². The lowest BCUT2D eigenvalue weighted by Gasteiger charge is -2.14. The van der Waals surface area contributed by atoms with Gasteiger partial charge in [-0.25, -0.2) is 4.39 Å². The number of rotatable bonds is 6. The summed E-state index contributed by atoms with van der Waals surface area (Å²) in [6, 6.07) is 8.57. The maximum atomic E-state index is 13.9. The van der Waals surface area contributed by atoms with Crippen molar-refractivity contribution in [3.8, 4) is 5.75 Å². The van der Waals surface area contributed by atoms with E-state index in [1.165, 1.54) is 24.3 Å². The SMILES string of the molecule is CN(C)c1ccc(C(=O)NCCOc2cccc(C(F)(F)F)c2)cc1F. The zero-order valence-electron chi connectivity index (χ0n) is 14.2. The van der Waals surface area contributed by atoms with Gasteiger partial charge in [0.25, 0.3) is 5.91 Å². The van der Waals surface area contributed by atoms with Crippen molar-refractivity contribution >= 4 is 11.6 Å². The molecule has 2 aromatic rings. The van der Waals surface area contributed by atoms with E-state index in [4.69, 9.17) is 4.74 Å². The molecule has 0 fully saturated rings. The molecule has 0 atom stereocenters. The Hall–Kier alpha value is -2.77. The van der Waals surface area contributed by atoms with E-state index in [2.05, 4.69) is 5.32 Å². The standard InChI is InChI=1S/C18H18F4N2O2/c1-24(2)16-7-6-12(10-15(16)19)17(25)23-8-9-26-14-5-3-4-13(11-14)18(20,21)22/h3-7,10-11H,8-9H2,1-2H3,(H,23,25).